The van der Waals surface area contributed by atoms with E-state index in [9.17, 15) is 0 Å². The van der Waals surface area contributed by atoms with E-state index in [-0.39, 0.29) is 6.04 Å². The second kappa shape index (κ2) is 5.51. The van der Waals surface area contributed by atoms with E-state index in [1.54, 1.807) is 7.11 Å². The molecule has 0 spiro atoms. The average molecular weight is 227 g/mol. The van der Waals surface area contributed by atoms with Crippen molar-refractivity contribution < 1.29 is 4.74 Å². The van der Waals surface area contributed by atoms with Gasteiger partial charge < -0.3 is 10.5 Å². The van der Waals surface area contributed by atoms with Crippen LogP contribution in [0.3, 0.4) is 0 Å². The smallest absolute Gasteiger partial charge is 0.123 e. The third kappa shape index (κ3) is 2.86. The van der Waals surface area contributed by atoms with E-state index in [0.717, 1.165) is 17.7 Å². The molecule has 0 aliphatic rings. The van der Waals surface area contributed by atoms with Crippen LogP contribution in [-0.2, 0) is 6.42 Å². The lowest BCUT2D eigenvalue weighted by Gasteiger charge is -2.15. The lowest BCUT2D eigenvalue weighted by molar-refractivity contribution is 0.405. The molecule has 0 saturated heterocycles. The third-order valence-corrected chi connectivity index (χ3v) is 2.84. The number of ether oxygens (including phenoxy) is 1. The molecule has 2 aromatic rings. The summed E-state index contributed by atoms with van der Waals surface area (Å²) in [4.78, 5) is 0. The first kappa shape index (κ1) is 11.7. The molecule has 0 aliphatic carbocycles. The number of hydrogen-bond donors (Lipinski definition) is 1. The second-order valence-corrected chi connectivity index (χ2v) is 4.04. The Labute approximate surface area is 102 Å². The number of benzene rings is 2. The first-order chi connectivity index (χ1) is 8.31. The monoisotopic (exact) mass is 227 g/mol. The maximum absolute atomic E-state index is 6.22. The minimum atomic E-state index is -0.0338. The molecule has 0 amide bonds. The van der Waals surface area contributed by atoms with E-state index in [2.05, 4.69) is 12.1 Å². The summed E-state index contributed by atoms with van der Waals surface area (Å²) in [6.45, 7) is 0. The zero-order valence-electron chi connectivity index (χ0n) is 9.97. The Hall–Kier alpha value is -1.80. The van der Waals surface area contributed by atoms with Gasteiger partial charge in [-0.25, -0.2) is 0 Å². The lowest BCUT2D eigenvalue weighted by atomic mass is 9.99. The van der Waals surface area contributed by atoms with Gasteiger partial charge >= 0.3 is 0 Å². The number of nitrogens with two attached hydrogens (primary N) is 1. The molecule has 2 rings (SSSR count). The summed E-state index contributed by atoms with van der Waals surface area (Å²) in [7, 11) is 1.67. The highest BCUT2D eigenvalue weighted by atomic mass is 16.5. The largest absolute Gasteiger partial charge is 0.496 e. The summed E-state index contributed by atoms with van der Waals surface area (Å²) in [6.07, 6.45) is 0.821. The molecule has 88 valence electrons. The van der Waals surface area contributed by atoms with Crippen LogP contribution in [0.25, 0.3) is 0 Å². The molecule has 0 aromatic heterocycles. The highest BCUT2D eigenvalue weighted by molar-refractivity contribution is 5.36. The molecular formula is C15H17NO. The van der Waals surface area contributed by atoms with Gasteiger partial charge in [0.15, 0.2) is 0 Å². The van der Waals surface area contributed by atoms with E-state index in [1.165, 1.54) is 5.56 Å². The third-order valence-electron chi connectivity index (χ3n) is 2.84. The van der Waals surface area contributed by atoms with Gasteiger partial charge in [-0.3, -0.25) is 0 Å². The minimum Gasteiger partial charge on any atom is -0.496 e. The zero-order chi connectivity index (χ0) is 12.1. The van der Waals surface area contributed by atoms with E-state index >= 15 is 0 Å². The molecule has 0 unspecified atom stereocenters. The summed E-state index contributed by atoms with van der Waals surface area (Å²) in [5.41, 5.74) is 8.52. The molecular weight excluding hydrogens is 210 g/mol. The maximum Gasteiger partial charge on any atom is 0.123 e. The van der Waals surface area contributed by atoms with Crippen LogP contribution in [0.2, 0.25) is 0 Å². The van der Waals surface area contributed by atoms with E-state index in [4.69, 9.17) is 10.5 Å². The Morgan fingerprint density at radius 3 is 2.35 bits per heavy atom. The van der Waals surface area contributed by atoms with Crippen LogP contribution < -0.4 is 10.5 Å². The molecule has 2 aromatic carbocycles. The van der Waals surface area contributed by atoms with E-state index in [1.807, 2.05) is 42.5 Å². The lowest BCUT2D eigenvalue weighted by Crippen LogP contribution is -2.14. The van der Waals surface area contributed by atoms with Crippen LogP contribution in [0.1, 0.15) is 17.2 Å². The van der Waals surface area contributed by atoms with E-state index in [0.29, 0.717) is 0 Å². The molecule has 0 radical (unpaired) electrons. The van der Waals surface area contributed by atoms with Crippen LogP contribution in [-0.4, -0.2) is 7.11 Å². The fourth-order valence-corrected chi connectivity index (χ4v) is 1.95. The Morgan fingerprint density at radius 1 is 1.00 bits per heavy atom. The zero-order valence-corrected chi connectivity index (χ0v) is 9.97. The molecule has 0 aliphatic heterocycles. The predicted octanol–water partition coefficient (Wildman–Crippen LogP) is 2.94. The second-order valence-electron chi connectivity index (χ2n) is 4.04. The van der Waals surface area contributed by atoms with Crippen molar-refractivity contribution in [1.82, 2.24) is 0 Å². The van der Waals surface area contributed by atoms with Crippen molar-refractivity contribution in [3.8, 4) is 5.75 Å². The summed E-state index contributed by atoms with van der Waals surface area (Å²) in [6, 6.07) is 18.1. The van der Waals surface area contributed by atoms with Crippen LogP contribution in [0.5, 0.6) is 5.75 Å². The van der Waals surface area contributed by atoms with Crippen molar-refractivity contribution in [3.05, 3.63) is 65.7 Å². The Bertz CT molecular complexity index is 467. The van der Waals surface area contributed by atoms with Crippen LogP contribution >= 0.6 is 0 Å². The molecule has 2 heteroatoms. The summed E-state index contributed by atoms with van der Waals surface area (Å²) in [5.74, 6) is 0.857. The molecule has 2 nitrogen and oxygen atoms in total. The van der Waals surface area contributed by atoms with Gasteiger partial charge in [-0.15, -0.1) is 0 Å². The van der Waals surface area contributed by atoms with Gasteiger partial charge in [0.05, 0.1) is 7.11 Å². The molecule has 2 N–H and O–H groups in total. The minimum absolute atomic E-state index is 0.0338. The Morgan fingerprint density at radius 2 is 1.65 bits per heavy atom. The SMILES string of the molecule is COc1ccccc1[C@@H](N)Cc1ccccc1. The predicted molar refractivity (Wildman–Crippen MR) is 70.1 cm³/mol. The fourth-order valence-electron chi connectivity index (χ4n) is 1.95. The first-order valence-corrected chi connectivity index (χ1v) is 5.73. The maximum atomic E-state index is 6.22. The molecule has 0 fully saturated rings. The Balaban J connectivity index is 2.17. The normalized spacial score (nSPS) is 12.1. The molecule has 0 heterocycles. The van der Waals surface area contributed by atoms with Gasteiger partial charge in [-0.2, -0.15) is 0 Å². The fraction of sp³-hybridized carbons (Fsp3) is 0.200. The van der Waals surface area contributed by atoms with Gasteiger partial charge in [0, 0.05) is 11.6 Å². The van der Waals surface area contributed by atoms with E-state index < -0.39 is 0 Å². The Kier molecular flexibility index (Phi) is 3.78. The summed E-state index contributed by atoms with van der Waals surface area (Å²) >= 11 is 0. The average Bonchev–Trinajstić information content (AvgIpc) is 2.40. The molecule has 1 atom stereocenters. The molecule has 17 heavy (non-hydrogen) atoms. The van der Waals surface area contributed by atoms with Crippen molar-refractivity contribution in [2.75, 3.05) is 7.11 Å². The van der Waals surface area contributed by atoms with Gasteiger partial charge in [0.25, 0.3) is 0 Å². The number of methoxy groups -OCH3 is 1. The summed E-state index contributed by atoms with van der Waals surface area (Å²) < 4.78 is 5.32. The van der Waals surface area contributed by atoms with Crippen molar-refractivity contribution in [1.29, 1.82) is 0 Å². The highest BCUT2D eigenvalue weighted by Crippen LogP contribution is 2.25. The van der Waals surface area contributed by atoms with Crippen LogP contribution in [0, 0.1) is 0 Å². The summed E-state index contributed by atoms with van der Waals surface area (Å²) in [5, 5.41) is 0. The van der Waals surface area contributed by atoms with Crippen molar-refractivity contribution in [2.45, 2.75) is 12.5 Å². The number of para-hydroxylation sites is 1. The number of rotatable bonds is 4. The van der Waals surface area contributed by atoms with Gasteiger partial charge in [-0.1, -0.05) is 48.5 Å². The quantitative estimate of drug-likeness (QED) is 0.871. The first-order valence-electron chi connectivity index (χ1n) is 5.73. The van der Waals surface area contributed by atoms with Gasteiger partial charge in [0.1, 0.15) is 5.75 Å². The highest BCUT2D eigenvalue weighted by Gasteiger charge is 2.11. The van der Waals surface area contributed by atoms with Crippen LogP contribution in [0.15, 0.2) is 54.6 Å². The van der Waals surface area contributed by atoms with Gasteiger partial charge in [0.2, 0.25) is 0 Å². The molecule has 0 bridgehead atoms. The van der Waals surface area contributed by atoms with Gasteiger partial charge in [-0.05, 0) is 18.1 Å². The van der Waals surface area contributed by atoms with Crippen molar-refractivity contribution in [3.63, 3.8) is 0 Å². The number of hydrogen-bond acceptors (Lipinski definition) is 2. The molecule has 0 saturated carbocycles. The topological polar surface area (TPSA) is 35.2 Å². The standard InChI is InChI=1S/C15H17NO/c1-17-15-10-6-5-9-13(15)14(16)11-12-7-3-2-4-8-12/h2-10,14H,11,16H2,1H3/t14-/m0/s1. The van der Waals surface area contributed by atoms with Crippen molar-refractivity contribution >= 4 is 0 Å². The van der Waals surface area contributed by atoms with Crippen LogP contribution in [0.4, 0.5) is 0 Å². The van der Waals surface area contributed by atoms with Crippen molar-refractivity contribution in [2.24, 2.45) is 5.73 Å².